The van der Waals surface area contributed by atoms with E-state index < -0.39 is 5.60 Å². The molecule has 2 aromatic carbocycles. The summed E-state index contributed by atoms with van der Waals surface area (Å²) in [6.07, 6.45) is 2.85. The lowest BCUT2D eigenvalue weighted by atomic mass is 9.86. The molecule has 0 spiro atoms. The van der Waals surface area contributed by atoms with Gasteiger partial charge in [0, 0.05) is 22.0 Å². The number of benzene rings is 2. The first kappa shape index (κ1) is 17.2. The van der Waals surface area contributed by atoms with Crippen molar-refractivity contribution in [2.45, 2.75) is 24.5 Å². The number of aliphatic hydroxyl groups is 1. The van der Waals surface area contributed by atoms with Crippen LogP contribution in [0.4, 0.5) is 0 Å². The molecule has 0 aliphatic heterocycles. The molecular weight excluding hydrogens is 376 g/mol. The van der Waals surface area contributed by atoms with Crippen LogP contribution in [0.25, 0.3) is 10.9 Å². The van der Waals surface area contributed by atoms with Gasteiger partial charge >= 0.3 is 0 Å². The van der Waals surface area contributed by atoms with Gasteiger partial charge in [0.1, 0.15) is 0 Å². The van der Waals surface area contributed by atoms with Gasteiger partial charge in [-0.05, 0) is 60.6 Å². The predicted molar refractivity (Wildman–Crippen MR) is 104 cm³/mol. The van der Waals surface area contributed by atoms with E-state index in [0.717, 1.165) is 16.5 Å². The SMILES string of the molecule is N#Cc1cccc(C(=O)N[C@H]2[C@@H]3C[C@@](O)(c4cc(Cl)cc5[nH]ncc45)C[C@@H]32)c1. The van der Waals surface area contributed by atoms with Crippen LogP contribution in [0, 0.1) is 23.2 Å². The summed E-state index contributed by atoms with van der Waals surface area (Å²) in [7, 11) is 0. The van der Waals surface area contributed by atoms with Crippen molar-refractivity contribution in [2.24, 2.45) is 11.8 Å². The first-order valence-corrected chi connectivity index (χ1v) is 9.53. The van der Waals surface area contributed by atoms with Gasteiger partial charge in [0.2, 0.25) is 0 Å². The van der Waals surface area contributed by atoms with Crippen LogP contribution in [0.1, 0.15) is 34.3 Å². The highest BCUT2D eigenvalue weighted by Gasteiger charge is 2.62. The maximum absolute atomic E-state index is 12.5. The average Bonchev–Trinajstić information content (AvgIpc) is 3.06. The summed E-state index contributed by atoms with van der Waals surface area (Å²) in [5.74, 6) is 0.281. The zero-order valence-electron chi connectivity index (χ0n) is 14.8. The average molecular weight is 393 g/mol. The number of nitrogens with one attached hydrogen (secondary N) is 2. The van der Waals surface area contributed by atoms with Gasteiger partial charge < -0.3 is 10.4 Å². The Labute approximate surface area is 166 Å². The summed E-state index contributed by atoms with van der Waals surface area (Å²) < 4.78 is 0. The molecule has 2 fully saturated rings. The van der Waals surface area contributed by atoms with Crippen molar-refractivity contribution in [1.29, 1.82) is 5.26 Å². The molecule has 1 aromatic heterocycles. The van der Waals surface area contributed by atoms with E-state index in [0.29, 0.717) is 29.0 Å². The molecule has 3 N–H and O–H groups in total. The van der Waals surface area contributed by atoms with E-state index in [4.69, 9.17) is 16.9 Å². The quantitative estimate of drug-likeness (QED) is 0.637. The van der Waals surface area contributed by atoms with E-state index in [1.54, 1.807) is 36.5 Å². The van der Waals surface area contributed by atoms with Gasteiger partial charge in [-0.15, -0.1) is 0 Å². The molecule has 6 nitrogen and oxygen atoms in total. The number of aromatic amines is 1. The van der Waals surface area contributed by atoms with Crippen LogP contribution in [0.5, 0.6) is 0 Å². The number of nitrogens with zero attached hydrogens (tertiary/aromatic N) is 2. The zero-order chi connectivity index (χ0) is 19.5. The van der Waals surface area contributed by atoms with Crippen molar-refractivity contribution in [3.8, 4) is 6.07 Å². The normalized spacial score (nSPS) is 28.0. The van der Waals surface area contributed by atoms with Crippen LogP contribution in [0.2, 0.25) is 5.02 Å². The van der Waals surface area contributed by atoms with Gasteiger partial charge in [-0.2, -0.15) is 10.4 Å². The molecule has 5 rings (SSSR count). The van der Waals surface area contributed by atoms with Gasteiger partial charge in [-0.1, -0.05) is 17.7 Å². The molecular formula is C21H17ClN4O2. The molecule has 1 amide bonds. The van der Waals surface area contributed by atoms with Crippen molar-refractivity contribution in [3.63, 3.8) is 0 Å². The fourth-order valence-electron chi connectivity index (χ4n) is 4.66. The highest BCUT2D eigenvalue weighted by Crippen LogP contribution is 2.60. The topological polar surface area (TPSA) is 102 Å². The van der Waals surface area contributed by atoms with E-state index >= 15 is 0 Å². The molecule has 2 aliphatic rings. The number of H-pyrrole nitrogens is 1. The molecule has 1 heterocycles. The number of fused-ring (bicyclic) bond motifs is 2. The molecule has 2 aliphatic carbocycles. The Morgan fingerprint density at radius 3 is 2.86 bits per heavy atom. The number of carbonyl (C=O) groups is 1. The number of hydrogen-bond acceptors (Lipinski definition) is 4. The molecule has 28 heavy (non-hydrogen) atoms. The zero-order valence-corrected chi connectivity index (χ0v) is 15.6. The molecule has 0 saturated heterocycles. The van der Waals surface area contributed by atoms with Gasteiger partial charge in [-0.25, -0.2) is 0 Å². The van der Waals surface area contributed by atoms with E-state index in [-0.39, 0.29) is 23.8 Å². The van der Waals surface area contributed by atoms with Crippen molar-refractivity contribution in [1.82, 2.24) is 15.5 Å². The Morgan fingerprint density at radius 2 is 2.11 bits per heavy atom. The number of amides is 1. The lowest BCUT2D eigenvalue weighted by Gasteiger charge is -2.27. The minimum Gasteiger partial charge on any atom is -0.385 e. The molecule has 4 atom stereocenters. The fourth-order valence-corrected chi connectivity index (χ4v) is 4.88. The number of carbonyl (C=O) groups excluding carboxylic acids is 1. The van der Waals surface area contributed by atoms with Crippen LogP contribution >= 0.6 is 11.6 Å². The molecule has 0 radical (unpaired) electrons. The maximum atomic E-state index is 12.5. The molecule has 7 heteroatoms. The van der Waals surface area contributed by atoms with Crippen molar-refractivity contribution >= 4 is 28.4 Å². The van der Waals surface area contributed by atoms with E-state index in [2.05, 4.69) is 15.5 Å². The van der Waals surface area contributed by atoms with Gasteiger partial charge in [-0.3, -0.25) is 9.89 Å². The van der Waals surface area contributed by atoms with Crippen molar-refractivity contribution in [3.05, 3.63) is 64.3 Å². The smallest absolute Gasteiger partial charge is 0.251 e. The van der Waals surface area contributed by atoms with Crippen LogP contribution in [0.15, 0.2) is 42.6 Å². The summed E-state index contributed by atoms with van der Waals surface area (Å²) >= 11 is 6.22. The number of halogens is 1. The molecule has 140 valence electrons. The van der Waals surface area contributed by atoms with Crippen LogP contribution < -0.4 is 5.32 Å². The molecule has 0 bridgehead atoms. The third kappa shape index (κ3) is 2.67. The number of aromatic nitrogens is 2. The highest BCUT2D eigenvalue weighted by atomic mass is 35.5. The second-order valence-electron chi connectivity index (χ2n) is 7.74. The summed E-state index contributed by atoms with van der Waals surface area (Å²) in [6, 6.07) is 12.4. The molecule has 3 aromatic rings. The summed E-state index contributed by atoms with van der Waals surface area (Å²) in [5.41, 5.74) is 1.57. The number of rotatable bonds is 3. The van der Waals surface area contributed by atoms with Crippen LogP contribution in [-0.4, -0.2) is 27.3 Å². The Kier molecular flexibility index (Phi) is 3.73. The standard InChI is InChI=1S/C21H17ClN4O2/c22-13-5-17(16-10-24-26-18(16)6-13)21(28)7-14-15(8-21)19(14)25-20(27)12-3-1-2-11(4-12)9-23/h1-6,10,14-15,19,28H,7-8H2,(H,24,26)(H,25,27)/t14-,15+,19+,21+. The first-order chi connectivity index (χ1) is 13.5. The third-order valence-electron chi connectivity index (χ3n) is 6.05. The Morgan fingerprint density at radius 1 is 1.32 bits per heavy atom. The summed E-state index contributed by atoms with van der Waals surface area (Å²) in [5, 5.41) is 31.7. The predicted octanol–water partition coefficient (Wildman–Crippen LogP) is 3.11. The van der Waals surface area contributed by atoms with Crippen molar-refractivity contribution in [2.75, 3.05) is 0 Å². The first-order valence-electron chi connectivity index (χ1n) is 9.15. The number of hydrogen-bond donors (Lipinski definition) is 3. The van der Waals surface area contributed by atoms with Crippen LogP contribution in [-0.2, 0) is 5.60 Å². The van der Waals surface area contributed by atoms with Crippen molar-refractivity contribution < 1.29 is 9.90 Å². The fraction of sp³-hybridized carbons (Fsp3) is 0.286. The Hall–Kier alpha value is -2.88. The minimum atomic E-state index is -0.968. The lowest BCUT2D eigenvalue weighted by Crippen LogP contribution is -2.33. The summed E-state index contributed by atoms with van der Waals surface area (Å²) in [4.78, 5) is 12.5. The monoisotopic (exact) mass is 392 g/mol. The summed E-state index contributed by atoms with van der Waals surface area (Å²) in [6.45, 7) is 0. The van der Waals surface area contributed by atoms with E-state index in [1.807, 2.05) is 12.1 Å². The third-order valence-corrected chi connectivity index (χ3v) is 6.27. The molecule has 0 unspecified atom stereocenters. The second-order valence-corrected chi connectivity index (χ2v) is 8.18. The largest absolute Gasteiger partial charge is 0.385 e. The van der Waals surface area contributed by atoms with E-state index in [1.165, 1.54) is 0 Å². The lowest BCUT2D eigenvalue weighted by molar-refractivity contribution is 0.0293. The Balaban J connectivity index is 1.32. The van der Waals surface area contributed by atoms with Gasteiger partial charge in [0.05, 0.1) is 28.9 Å². The highest BCUT2D eigenvalue weighted by molar-refractivity contribution is 6.31. The van der Waals surface area contributed by atoms with Gasteiger partial charge in [0.25, 0.3) is 5.91 Å². The minimum absolute atomic E-state index is 0.0533. The van der Waals surface area contributed by atoms with Gasteiger partial charge in [0.15, 0.2) is 0 Å². The number of nitriles is 1. The molecule has 2 saturated carbocycles. The van der Waals surface area contributed by atoms with Crippen LogP contribution in [0.3, 0.4) is 0 Å². The maximum Gasteiger partial charge on any atom is 0.251 e. The van der Waals surface area contributed by atoms with E-state index in [9.17, 15) is 9.90 Å². The Bertz CT molecular complexity index is 1140. The second kappa shape index (κ2) is 6.06.